The van der Waals surface area contributed by atoms with Gasteiger partial charge in [-0.3, -0.25) is 0 Å². The Morgan fingerprint density at radius 3 is 2.64 bits per heavy atom. The third-order valence-corrected chi connectivity index (χ3v) is 2.95. The Kier molecular flexibility index (Phi) is 2.43. The standard InChI is InChI=1S/C6H4NO3.Hg/c8-6-4-2-1-3-5(6)7(9)10;/h2-4,8H;. The molecule has 0 aromatic heterocycles. The molecule has 1 N–H and O–H groups in total. The average Bonchev–Trinajstić information content (AvgIpc) is 1.94. The second kappa shape index (κ2) is 3.17. The van der Waals surface area contributed by atoms with Crippen molar-refractivity contribution in [3.63, 3.8) is 0 Å². The monoisotopic (exact) mass is 340 g/mol. The molecule has 11 heavy (non-hydrogen) atoms. The van der Waals surface area contributed by atoms with E-state index in [9.17, 15) is 10.1 Å². The van der Waals surface area contributed by atoms with Crippen LogP contribution in [0.2, 0.25) is 0 Å². The molecule has 53 valence electrons. The molecule has 1 aromatic carbocycles. The van der Waals surface area contributed by atoms with Gasteiger partial charge in [0.2, 0.25) is 0 Å². The van der Waals surface area contributed by atoms with Gasteiger partial charge in [-0.25, -0.2) is 0 Å². The summed E-state index contributed by atoms with van der Waals surface area (Å²) >= 11 is 0.359. The zero-order chi connectivity index (χ0) is 8.43. The number of phenolic OH excluding ortho intramolecular Hbond substituents is 1. The Labute approximate surface area is 79.0 Å². The number of benzene rings is 1. The zero-order valence-corrected chi connectivity index (χ0v) is 11.1. The molecule has 0 aliphatic rings. The number of aromatic hydroxyl groups is 1. The minimum absolute atomic E-state index is 0.197. The fourth-order valence-electron chi connectivity index (χ4n) is 0.715. The van der Waals surface area contributed by atoms with Gasteiger partial charge in [-0.2, -0.15) is 0 Å². The van der Waals surface area contributed by atoms with Crippen molar-refractivity contribution in [2.75, 3.05) is 0 Å². The van der Waals surface area contributed by atoms with Gasteiger partial charge in [-0.15, -0.1) is 0 Å². The molecule has 0 saturated heterocycles. The first-order chi connectivity index (χ1) is 5.11. The summed E-state index contributed by atoms with van der Waals surface area (Å²) < 4.78 is 0.953. The van der Waals surface area contributed by atoms with Crippen molar-refractivity contribution in [1.29, 1.82) is 0 Å². The summed E-state index contributed by atoms with van der Waals surface area (Å²) in [5.41, 5.74) is -0.197. The van der Waals surface area contributed by atoms with E-state index in [4.69, 9.17) is 5.11 Å². The molecule has 0 aliphatic heterocycles. The van der Waals surface area contributed by atoms with Crippen LogP contribution in [0.5, 0.6) is 5.75 Å². The molecule has 0 amide bonds. The van der Waals surface area contributed by atoms with E-state index in [1.165, 1.54) is 12.1 Å². The SMILES string of the molecule is O=[N+]([O-])c1c[c]([Hg])ccc1O. The van der Waals surface area contributed by atoms with E-state index in [-0.39, 0.29) is 11.4 Å². The van der Waals surface area contributed by atoms with Crippen LogP contribution in [0.15, 0.2) is 18.2 Å². The number of nitro groups is 1. The number of hydrogen-bond donors (Lipinski definition) is 1. The number of nitrogens with zero attached hydrogens (tertiary/aromatic N) is 1. The fourth-order valence-corrected chi connectivity index (χ4v) is 1.93. The van der Waals surface area contributed by atoms with Crippen molar-refractivity contribution in [2.45, 2.75) is 0 Å². The van der Waals surface area contributed by atoms with Gasteiger partial charge in [-0.05, 0) is 0 Å². The van der Waals surface area contributed by atoms with Gasteiger partial charge in [0.1, 0.15) is 0 Å². The summed E-state index contributed by atoms with van der Waals surface area (Å²) in [6.07, 6.45) is 0. The molecule has 1 aromatic rings. The number of rotatable bonds is 1. The zero-order valence-electron chi connectivity index (χ0n) is 5.65. The van der Waals surface area contributed by atoms with Crippen molar-refractivity contribution in [3.05, 3.63) is 28.3 Å². The van der Waals surface area contributed by atoms with Crippen molar-refractivity contribution in [3.8, 4) is 5.75 Å². The van der Waals surface area contributed by atoms with Crippen LogP contribution < -0.4 is 3.07 Å². The normalized spacial score (nSPS) is 9.64. The van der Waals surface area contributed by atoms with Gasteiger partial charge < -0.3 is 0 Å². The Balaban J connectivity index is 3.23. The molecular weight excluding hydrogens is 335 g/mol. The predicted octanol–water partition coefficient (Wildman–Crippen LogP) is 0.472. The number of phenols is 1. The molecule has 0 fully saturated rings. The Morgan fingerprint density at radius 1 is 1.55 bits per heavy atom. The van der Waals surface area contributed by atoms with E-state index < -0.39 is 4.92 Å². The fraction of sp³-hybridized carbons (Fsp3) is 0. The topological polar surface area (TPSA) is 63.4 Å². The minimum atomic E-state index is -0.578. The summed E-state index contributed by atoms with van der Waals surface area (Å²) in [6.45, 7) is 0. The Bertz CT molecular complexity index is 300. The maximum absolute atomic E-state index is 10.2. The van der Waals surface area contributed by atoms with Crippen LogP contribution in [-0.2, 0) is 26.1 Å². The van der Waals surface area contributed by atoms with Crippen LogP contribution in [0.4, 0.5) is 5.69 Å². The van der Waals surface area contributed by atoms with Gasteiger partial charge in [-0.1, -0.05) is 0 Å². The van der Waals surface area contributed by atoms with Gasteiger partial charge in [0.05, 0.1) is 0 Å². The van der Waals surface area contributed by atoms with Crippen molar-refractivity contribution in [2.24, 2.45) is 0 Å². The second-order valence-corrected chi connectivity index (χ2v) is 5.25. The van der Waals surface area contributed by atoms with Crippen molar-refractivity contribution >= 4 is 8.76 Å². The molecule has 0 aliphatic carbocycles. The van der Waals surface area contributed by atoms with Crippen LogP contribution in [0.1, 0.15) is 0 Å². The summed E-state index contributed by atoms with van der Waals surface area (Å²) in [6, 6.07) is 4.48. The van der Waals surface area contributed by atoms with Crippen molar-refractivity contribution < 1.29 is 36.2 Å². The Hall–Kier alpha value is -0.645. The molecule has 5 heteroatoms. The van der Waals surface area contributed by atoms with Crippen LogP contribution >= 0.6 is 0 Å². The molecule has 4 nitrogen and oxygen atoms in total. The summed E-state index contributed by atoms with van der Waals surface area (Å²) in [5.74, 6) is -0.260. The van der Waals surface area contributed by atoms with E-state index in [0.29, 0.717) is 26.1 Å². The van der Waals surface area contributed by atoms with Gasteiger partial charge in [0.15, 0.2) is 0 Å². The van der Waals surface area contributed by atoms with Gasteiger partial charge in [0.25, 0.3) is 0 Å². The second-order valence-electron chi connectivity index (χ2n) is 2.08. The Morgan fingerprint density at radius 2 is 2.18 bits per heavy atom. The van der Waals surface area contributed by atoms with E-state index >= 15 is 0 Å². The first-order valence-corrected chi connectivity index (χ1v) is 5.65. The third-order valence-electron chi connectivity index (χ3n) is 1.24. The summed E-state index contributed by atoms with van der Waals surface area (Å²) in [4.78, 5) is 9.66. The van der Waals surface area contributed by atoms with E-state index in [1.54, 1.807) is 6.07 Å². The number of hydrogen-bond acceptors (Lipinski definition) is 3. The quantitative estimate of drug-likeness (QED) is 0.460. The van der Waals surface area contributed by atoms with Gasteiger partial charge in [0, 0.05) is 0 Å². The molecule has 0 unspecified atom stereocenters. The molecule has 0 atom stereocenters. The summed E-state index contributed by atoms with van der Waals surface area (Å²) in [5, 5.41) is 19.2. The maximum atomic E-state index is 10.2. The molecule has 0 radical (unpaired) electrons. The van der Waals surface area contributed by atoms with Crippen LogP contribution in [-0.4, -0.2) is 10.0 Å². The van der Waals surface area contributed by atoms with Crippen molar-refractivity contribution in [1.82, 2.24) is 0 Å². The van der Waals surface area contributed by atoms with E-state index in [0.717, 1.165) is 3.07 Å². The van der Waals surface area contributed by atoms with E-state index in [2.05, 4.69) is 0 Å². The van der Waals surface area contributed by atoms with Gasteiger partial charge >= 0.3 is 79.0 Å². The average molecular weight is 339 g/mol. The predicted molar refractivity (Wildman–Crippen MR) is 34.4 cm³/mol. The first kappa shape index (κ1) is 8.45. The molecule has 0 saturated carbocycles. The van der Waals surface area contributed by atoms with Crippen LogP contribution in [0.3, 0.4) is 0 Å². The summed E-state index contributed by atoms with van der Waals surface area (Å²) in [7, 11) is 0. The number of nitro benzene ring substituents is 1. The van der Waals surface area contributed by atoms with Crippen LogP contribution in [0.25, 0.3) is 0 Å². The van der Waals surface area contributed by atoms with Crippen LogP contribution in [0, 0.1) is 10.1 Å². The molecule has 1 rings (SSSR count). The molecule has 0 spiro atoms. The molecule has 0 heterocycles. The molecule has 0 bridgehead atoms. The first-order valence-electron chi connectivity index (χ1n) is 2.90. The van der Waals surface area contributed by atoms with E-state index in [1.807, 2.05) is 0 Å². The molecular formula is C6H4HgNO3. The third kappa shape index (κ3) is 1.89.